The van der Waals surface area contributed by atoms with E-state index in [4.69, 9.17) is 0 Å². The molecule has 5 nitrogen and oxygen atoms in total. The van der Waals surface area contributed by atoms with Gasteiger partial charge in [0.15, 0.2) is 0 Å². The third-order valence-corrected chi connectivity index (χ3v) is 5.59. The molecule has 0 unspecified atom stereocenters. The molecule has 0 fully saturated rings. The Balaban J connectivity index is 1.63. The predicted molar refractivity (Wildman–Crippen MR) is 103 cm³/mol. The molecule has 3 atom stereocenters. The molecule has 0 radical (unpaired) electrons. The van der Waals surface area contributed by atoms with Gasteiger partial charge in [-0.3, -0.25) is 4.79 Å². The van der Waals surface area contributed by atoms with Crippen molar-refractivity contribution in [3.05, 3.63) is 88.9 Å². The van der Waals surface area contributed by atoms with Gasteiger partial charge in [0.05, 0.1) is 12.0 Å². The maximum Gasteiger partial charge on any atom is 0.226 e. The number of carbonyl (C=O) groups is 1. The number of hydrogen-bond donors (Lipinski definition) is 1. The highest BCUT2D eigenvalue weighted by Gasteiger charge is 2.43. The number of rotatable bonds is 2. The number of halogens is 2. The summed E-state index contributed by atoms with van der Waals surface area (Å²) in [7, 11) is 0. The molecule has 0 saturated carbocycles. The van der Waals surface area contributed by atoms with E-state index < -0.39 is 23.6 Å². The van der Waals surface area contributed by atoms with Gasteiger partial charge in [-0.15, -0.1) is 0 Å². The Morgan fingerprint density at radius 3 is 2.66 bits per heavy atom. The van der Waals surface area contributed by atoms with Crippen molar-refractivity contribution in [1.82, 2.24) is 14.8 Å². The first kappa shape index (κ1) is 17.7. The fourth-order valence-electron chi connectivity index (χ4n) is 4.37. The SMILES string of the molecule is Cc1cccc([C@@H]2C=C3Nc4ncnn4[C@H](c4cc(F)cc(F)c4)[C@H]3C(=O)C2)c1. The highest BCUT2D eigenvalue weighted by molar-refractivity contribution is 5.88. The number of ketones is 1. The van der Waals surface area contributed by atoms with Crippen LogP contribution in [0.25, 0.3) is 0 Å². The van der Waals surface area contributed by atoms with Crippen LogP contribution in [0.3, 0.4) is 0 Å². The van der Waals surface area contributed by atoms with E-state index >= 15 is 0 Å². The van der Waals surface area contributed by atoms with Crippen molar-refractivity contribution >= 4 is 11.7 Å². The average molecular weight is 392 g/mol. The summed E-state index contributed by atoms with van der Waals surface area (Å²) in [6.45, 7) is 2.01. The largest absolute Gasteiger partial charge is 0.328 e. The first-order valence-electron chi connectivity index (χ1n) is 9.43. The Morgan fingerprint density at radius 1 is 1.10 bits per heavy atom. The first-order valence-corrected chi connectivity index (χ1v) is 9.43. The lowest BCUT2D eigenvalue weighted by Gasteiger charge is -2.38. The molecule has 0 saturated heterocycles. The van der Waals surface area contributed by atoms with Crippen LogP contribution in [0.1, 0.15) is 35.1 Å². The Hall–Kier alpha value is -3.35. The van der Waals surface area contributed by atoms with Crippen molar-refractivity contribution < 1.29 is 13.6 Å². The molecule has 2 aliphatic rings. The quantitative estimate of drug-likeness (QED) is 0.712. The second-order valence-electron chi connectivity index (χ2n) is 7.59. The number of benzene rings is 2. The Bertz CT molecular complexity index is 1130. The molecule has 0 amide bonds. The molecule has 2 heterocycles. The van der Waals surface area contributed by atoms with Crippen LogP contribution in [0.2, 0.25) is 0 Å². The van der Waals surface area contributed by atoms with E-state index in [0.29, 0.717) is 23.6 Å². The van der Waals surface area contributed by atoms with E-state index in [9.17, 15) is 13.6 Å². The van der Waals surface area contributed by atoms with E-state index in [1.54, 1.807) is 0 Å². The summed E-state index contributed by atoms with van der Waals surface area (Å²) in [6.07, 6.45) is 3.71. The number of carbonyl (C=O) groups excluding carboxylic acids is 1. The highest BCUT2D eigenvalue weighted by Crippen LogP contribution is 2.44. The van der Waals surface area contributed by atoms with Crippen molar-refractivity contribution in [3.8, 4) is 0 Å². The van der Waals surface area contributed by atoms with Gasteiger partial charge in [-0.25, -0.2) is 13.5 Å². The Morgan fingerprint density at radius 2 is 1.90 bits per heavy atom. The molecule has 1 aliphatic heterocycles. The maximum atomic E-state index is 13.9. The summed E-state index contributed by atoms with van der Waals surface area (Å²) in [4.78, 5) is 17.5. The molecule has 0 spiro atoms. The van der Waals surface area contributed by atoms with Crippen LogP contribution in [0.4, 0.5) is 14.7 Å². The molecule has 2 aromatic carbocycles. The predicted octanol–water partition coefficient (Wildman–Crippen LogP) is 4.14. The van der Waals surface area contributed by atoms with E-state index in [-0.39, 0.29) is 11.7 Å². The normalized spacial score (nSPS) is 23.1. The summed E-state index contributed by atoms with van der Waals surface area (Å²) < 4.78 is 29.4. The summed E-state index contributed by atoms with van der Waals surface area (Å²) >= 11 is 0. The number of Topliss-reactive ketones (excluding diaryl/α,β-unsaturated/α-hetero) is 1. The minimum atomic E-state index is -0.688. The molecule has 1 aromatic heterocycles. The molecular formula is C22H18F2N4O. The lowest BCUT2D eigenvalue weighted by atomic mass is 9.75. The van der Waals surface area contributed by atoms with E-state index in [1.807, 2.05) is 31.2 Å². The third kappa shape index (κ3) is 3.03. The molecule has 0 bridgehead atoms. The zero-order chi connectivity index (χ0) is 20.1. The second-order valence-corrected chi connectivity index (χ2v) is 7.59. The zero-order valence-electron chi connectivity index (χ0n) is 15.6. The van der Waals surface area contributed by atoms with E-state index in [2.05, 4.69) is 21.5 Å². The van der Waals surface area contributed by atoms with E-state index in [1.165, 1.54) is 23.1 Å². The smallest absolute Gasteiger partial charge is 0.226 e. The molecule has 29 heavy (non-hydrogen) atoms. The molecule has 1 N–H and O–H groups in total. The van der Waals surface area contributed by atoms with Crippen LogP contribution in [0.5, 0.6) is 0 Å². The van der Waals surface area contributed by atoms with Gasteiger partial charge in [-0.1, -0.05) is 35.9 Å². The number of anilines is 1. The number of aryl methyl sites for hydroxylation is 1. The Labute approximate surface area is 166 Å². The van der Waals surface area contributed by atoms with Crippen molar-refractivity contribution in [2.45, 2.75) is 25.3 Å². The van der Waals surface area contributed by atoms with Gasteiger partial charge in [-0.2, -0.15) is 10.1 Å². The van der Waals surface area contributed by atoms with Crippen LogP contribution in [-0.2, 0) is 4.79 Å². The molecule has 7 heteroatoms. The summed E-state index contributed by atoms with van der Waals surface area (Å²) in [5, 5.41) is 7.40. The lowest BCUT2D eigenvalue weighted by molar-refractivity contribution is -0.123. The minimum absolute atomic E-state index is 0.00248. The lowest BCUT2D eigenvalue weighted by Crippen LogP contribution is -2.40. The average Bonchev–Trinajstić information content (AvgIpc) is 3.13. The van der Waals surface area contributed by atoms with Crippen LogP contribution in [-0.4, -0.2) is 20.5 Å². The maximum absolute atomic E-state index is 13.9. The third-order valence-electron chi connectivity index (χ3n) is 5.59. The van der Waals surface area contributed by atoms with Gasteiger partial charge in [0.2, 0.25) is 5.95 Å². The van der Waals surface area contributed by atoms with Gasteiger partial charge in [0.1, 0.15) is 23.7 Å². The van der Waals surface area contributed by atoms with Crippen LogP contribution in [0, 0.1) is 24.5 Å². The number of nitrogens with one attached hydrogen (secondary N) is 1. The molecule has 1 aliphatic carbocycles. The number of allylic oxidation sites excluding steroid dienone is 2. The van der Waals surface area contributed by atoms with Gasteiger partial charge in [0.25, 0.3) is 0 Å². The summed E-state index contributed by atoms with van der Waals surface area (Å²) in [5.41, 5.74) is 3.24. The van der Waals surface area contributed by atoms with Crippen LogP contribution in [0.15, 0.2) is 60.6 Å². The van der Waals surface area contributed by atoms with Crippen molar-refractivity contribution in [2.75, 3.05) is 5.32 Å². The highest BCUT2D eigenvalue weighted by atomic mass is 19.1. The van der Waals surface area contributed by atoms with Gasteiger partial charge in [0, 0.05) is 24.1 Å². The van der Waals surface area contributed by atoms with Crippen molar-refractivity contribution in [2.24, 2.45) is 5.92 Å². The Kier molecular flexibility index (Phi) is 4.04. The van der Waals surface area contributed by atoms with Crippen molar-refractivity contribution in [3.63, 3.8) is 0 Å². The first-order chi connectivity index (χ1) is 14.0. The van der Waals surface area contributed by atoms with Crippen molar-refractivity contribution in [1.29, 1.82) is 0 Å². The number of hydrogen-bond acceptors (Lipinski definition) is 4. The monoisotopic (exact) mass is 392 g/mol. The van der Waals surface area contributed by atoms with Gasteiger partial charge in [-0.05, 0) is 30.2 Å². The standard InChI is InChI=1S/C22H18F2N4O/c1-12-3-2-4-13(5-12)14-8-18-20(19(29)9-14)21(28-22(27-18)25-11-26-28)15-6-16(23)10-17(24)7-15/h2-8,10-11,14,20-21H,9H2,1H3,(H,25,26,27)/t14-,20-,21-/m1/s1. The minimum Gasteiger partial charge on any atom is -0.328 e. The van der Waals surface area contributed by atoms with Crippen LogP contribution >= 0.6 is 0 Å². The van der Waals surface area contributed by atoms with Gasteiger partial charge < -0.3 is 5.32 Å². The molecule has 5 rings (SSSR count). The molecular weight excluding hydrogens is 374 g/mol. The second kappa shape index (κ2) is 6.62. The zero-order valence-corrected chi connectivity index (χ0v) is 15.6. The number of nitrogens with zero attached hydrogens (tertiary/aromatic N) is 3. The van der Waals surface area contributed by atoms with Crippen LogP contribution < -0.4 is 5.32 Å². The fraction of sp³-hybridized carbons (Fsp3) is 0.227. The summed E-state index contributed by atoms with van der Waals surface area (Å²) in [6, 6.07) is 10.7. The fourth-order valence-corrected chi connectivity index (χ4v) is 4.37. The number of fused-ring (bicyclic) bond motifs is 2. The number of aromatic nitrogens is 3. The van der Waals surface area contributed by atoms with E-state index in [0.717, 1.165) is 17.2 Å². The topological polar surface area (TPSA) is 59.8 Å². The summed E-state index contributed by atoms with van der Waals surface area (Å²) in [5.74, 6) is -1.61. The van der Waals surface area contributed by atoms with Gasteiger partial charge >= 0.3 is 0 Å². The molecule has 3 aromatic rings. The molecule has 146 valence electrons.